The zero-order chi connectivity index (χ0) is 25.5. The van der Waals surface area contributed by atoms with Crippen LogP contribution in [0.25, 0.3) is 10.8 Å². The first-order valence-corrected chi connectivity index (χ1v) is 12.8. The minimum absolute atomic E-state index is 0. The molecule has 39 heavy (non-hydrogen) atoms. The fourth-order valence-electron chi connectivity index (χ4n) is 4.69. The van der Waals surface area contributed by atoms with Gasteiger partial charge in [0.2, 0.25) is 0 Å². The van der Waals surface area contributed by atoms with Crippen LogP contribution in [-0.2, 0) is 13.0 Å². The monoisotopic (exact) mass is 603 g/mol. The molecule has 1 N–H and O–H groups in total. The highest BCUT2D eigenvalue weighted by Crippen LogP contribution is 2.29. The molecular formula is C28H41Cl3FN5O2. The Bertz CT molecular complexity index is 1160. The number of hydrogen-bond acceptors (Lipinski definition) is 7. The van der Waals surface area contributed by atoms with Crippen molar-refractivity contribution in [3.05, 3.63) is 53.5 Å². The van der Waals surface area contributed by atoms with Crippen molar-refractivity contribution < 1.29 is 13.9 Å². The highest BCUT2D eigenvalue weighted by molar-refractivity contribution is 5.94. The van der Waals surface area contributed by atoms with Crippen LogP contribution >= 0.6 is 37.2 Å². The van der Waals surface area contributed by atoms with Crippen LogP contribution in [0.4, 0.5) is 10.2 Å². The molecule has 0 amide bonds. The van der Waals surface area contributed by atoms with Crippen molar-refractivity contribution >= 4 is 53.8 Å². The summed E-state index contributed by atoms with van der Waals surface area (Å²) >= 11 is 0. The Balaban J connectivity index is 0.00000253. The number of aryl methyl sites for hydroxylation is 1. The van der Waals surface area contributed by atoms with E-state index in [4.69, 9.17) is 9.47 Å². The second kappa shape index (κ2) is 16.9. The molecule has 11 heteroatoms. The number of ether oxygens (including phenoxy) is 2. The number of halogens is 4. The molecule has 0 saturated carbocycles. The van der Waals surface area contributed by atoms with Gasteiger partial charge in [-0.3, -0.25) is 4.90 Å². The predicted molar refractivity (Wildman–Crippen MR) is 164 cm³/mol. The molecule has 2 heterocycles. The van der Waals surface area contributed by atoms with Crippen LogP contribution in [0.3, 0.4) is 0 Å². The van der Waals surface area contributed by atoms with E-state index < -0.39 is 0 Å². The smallest absolute Gasteiger partial charge is 0.165 e. The molecule has 1 aliphatic rings. The molecule has 4 rings (SSSR count). The van der Waals surface area contributed by atoms with E-state index in [1.54, 1.807) is 19.2 Å². The fourth-order valence-corrected chi connectivity index (χ4v) is 4.69. The van der Waals surface area contributed by atoms with Crippen LogP contribution in [0.2, 0.25) is 0 Å². The van der Waals surface area contributed by atoms with Crippen LogP contribution in [0.5, 0.6) is 11.5 Å². The van der Waals surface area contributed by atoms with Gasteiger partial charge in [-0.05, 0) is 75.7 Å². The first kappa shape index (κ1) is 34.9. The average Bonchev–Trinajstić information content (AvgIpc) is 2.88. The van der Waals surface area contributed by atoms with E-state index in [9.17, 15) is 4.39 Å². The molecule has 0 spiro atoms. The molecule has 1 saturated heterocycles. The minimum Gasteiger partial charge on any atom is -0.497 e. The summed E-state index contributed by atoms with van der Waals surface area (Å²) in [6, 6.07) is 11.7. The summed E-state index contributed by atoms with van der Waals surface area (Å²) < 4.78 is 25.6. The van der Waals surface area contributed by atoms with Crippen LogP contribution in [0, 0.1) is 5.82 Å². The summed E-state index contributed by atoms with van der Waals surface area (Å²) in [7, 11) is 5.72. The summed E-state index contributed by atoms with van der Waals surface area (Å²) in [6.07, 6.45) is 3.67. The molecule has 0 radical (unpaired) electrons. The van der Waals surface area contributed by atoms with Gasteiger partial charge in [0, 0.05) is 43.0 Å². The van der Waals surface area contributed by atoms with Gasteiger partial charge in [0.05, 0.1) is 19.4 Å². The average molecular weight is 605 g/mol. The topological polar surface area (TPSA) is 62.8 Å². The Morgan fingerprint density at radius 1 is 1.03 bits per heavy atom. The van der Waals surface area contributed by atoms with Gasteiger partial charge in [-0.25, -0.2) is 4.39 Å². The maximum Gasteiger partial charge on any atom is 0.165 e. The summed E-state index contributed by atoms with van der Waals surface area (Å²) in [4.78, 5) is 4.47. The number of benzene rings is 2. The Hall–Kier alpha value is -2.10. The number of hydrogen-bond donors (Lipinski definition) is 1. The number of anilines is 1. The molecule has 218 valence electrons. The van der Waals surface area contributed by atoms with Gasteiger partial charge < -0.3 is 19.7 Å². The molecule has 0 aliphatic carbocycles. The predicted octanol–water partition coefficient (Wildman–Crippen LogP) is 6.01. The van der Waals surface area contributed by atoms with Gasteiger partial charge in [0.1, 0.15) is 5.75 Å². The minimum atomic E-state index is -0.287. The zero-order valence-electron chi connectivity index (χ0n) is 23.1. The van der Waals surface area contributed by atoms with Crippen molar-refractivity contribution in [2.75, 3.05) is 52.8 Å². The molecule has 0 atom stereocenters. The zero-order valence-corrected chi connectivity index (χ0v) is 25.6. The van der Waals surface area contributed by atoms with Gasteiger partial charge in [-0.1, -0.05) is 13.0 Å². The molecule has 0 bridgehead atoms. The number of likely N-dealkylation sites (tertiary alicyclic amines) is 1. The number of aromatic nitrogens is 2. The van der Waals surface area contributed by atoms with Crippen LogP contribution < -0.4 is 14.8 Å². The third kappa shape index (κ3) is 9.50. The second-order valence-electron chi connectivity index (χ2n) is 9.73. The molecule has 1 fully saturated rings. The van der Waals surface area contributed by atoms with Gasteiger partial charge in [0.15, 0.2) is 17.4 Å². The lowest BCUT2D eigenvalue weighted by Gasteiger charge is -2.32. The third-order valence-electron chi connectivity index (χ3n) is 6.74. The van der Waals surface area contributed by atoms with Crippen LogP contribution in [0.1, 0.15) is 37.4 Å². The van der Waals surface area contributed by atoms with E-state index in [1.165, 1.54) is 0 Å². The number of nitrogens with zero attached hydrogens (tertiary/aromatic N) is 4. The standard InChI is InChI=1S/C28H38FN5O2.3ClH/c1-5-26-23-9-8-22(35-4)18-24(23)28(32-31-26)30-21-11-14-34(15-12-21)19-20-7-10-27(25(29)17-20)36-16-6-13-33(2)3;;;/h7-10,17-18,21H,5-6,11-16,19H2,1-4H3,(H,30,32);3*1H. The largest absolute Gasteiger partial charge is 0.497 e. The highest BCUT2D eigenvalue weighted by Gasteiger charge is 2.21. The van der Waals surface area contributed by atoms with E-state index in [-0.39, 0.29) is 43.0 Å². The quantitative estimate of drug-likeness (QED) is 0.269. The van der Waals surface area contributed by atoms with Crippen molar-refractivity contribution in [3.8, 4) is 11.5 Å². The molecule has 3 aromatic rings. The first-order valence-electron chi connectivity index (χ1n) is 12.8. The van der Waals surface area contributed by atoms with Crippen LogP contribution in [-0.4, -0.2) is 73.5 Å². The van der Waals surface area contributed by atoms with Gasteiger partial charge >= 0.3 is 0 Å². The lowest BCUT2D eigenvalue weighted by molar-refractivity contribution is 0.210. The SMILES string of the molecule is CCc1nnc(NC2CCN(Cc3ccc(OCCCN(C)C)c(F)c3)CC2)c2cc(OC)ccc12.Cl.Cl.Cl. The maximum absolute atomic E-state index is 14.5. The number of fused-ring (bicyclic) bond motifs is 1. The Morgan fingerprint density at radius 2 is 1.77 bits per heavy atom. The number of rotatable bonds is 11. The highest BCUT2D eigenvalue weighted by atomic mass is 35.5. The summed E-state index contributed by atoms with van der Waals surface area (Å²) in [5.74, 6) is 1.67. The number of piperidine rings is 1. The third-order valence-corrected chi connectivity index (χ3v) is 6.74. The van der Waals surface area contributed by atoms with Gasteiger partial charge in [0.25, 0.3) is 0 Å². The number of methoxy groups -OCH3 is 1. The van der Waals surface area contributed by atoms with Crippen LogP contribution in [0.15, 0.2) is 36.4 Å². The summed E-state index contributed by atoms with van der Waals surface area (Å²) in [5.41, 5.74) is 1.96. The van der Waals surface area contributed by atoms with Gasteiger partial charge in [-0.2, -0.15) is 5.10 Å². The Morgan fingerprint density at radius 3 is 2.41 bits per heavy atom. The summed E-state index contributed by atoms with van der Waals surface area (Å²) in [5, 5.41) is 14.7. The lowest BCUT2D eigenvalue weighted by atomic mass is 10.0. The maximum atomic E-state index is 14.5. The molecule has 1 aliphatic heterocycles. The number of nitrogens with one attached hydrogen (secondary N) is 1. The Kier molecular flexibility index (Phi) is 15.1. The fraction of sp³-hybridized carbons (Fsp3) is 0.500. The van der Waals surface area contributed by atoms with Crippen molar-refractivity contribution in [2.45, 2.75) is 45.2 Å². The molecule has 7 nitrogen and oxygen atoms in total. The van der Waals surface area contributed by atoms with Crippen molar-refractivity contribution in [3.63, 3.8) is 0 Å². The molecular weight excluding hydrogens is 564 g/mol. The lowest BCUT2D eigenvalue weighted by Crippen LogP contribution is -2.38. The first-order chi connectivity index (χ1) is 17.5. The van der Waals surface area contributed by atoms with Crippen molar-refractivity contribution in [1.29, 1.82) is 0 Å². The Labute approximate surface area is 250 Å². The van der Waals surface area contributed by atoms with Crippen molar-refractivity contribution in [1.82, 2.24) is 20.0 Å². The van der Waals surface area contributed by atoms with E-state index in [0.29, 0.717) is 18.4 Å². The van der Waals surface area contributed by atoms with E-state index in [2.05, 4.69) is 38.3 Å². The van der Waals surface area contributed by atoms with E-state index in [1.807, 2.05) is 32.3 Å². The van der Waals surface area contributed by atoms with E-state index >= 15 is 0 Å². The van der Waals surface area contributed by atoms with Gasteiger partial charge in [-0.15, -0.1) is 42.3 Å². The molecule has 1 aromatic heterocycles. The molecule has 0 unspecified atom stereocenters. The molecule has 2 aromatic carbocycles. The van der Waals surface area contributed by atoms with E-state index in [0.717, 1.165) is 85.5 Å². The van der Waals surface area contributed by atoms with Crippen molar-refractivity contribution in [2.24, 2.45) is 0 Å². The normalized spacial score (nSPS) is 13.8. The summed E-state index contributed by atoms with van der Waals surface area (Å²) in [6.45, 7) is 6.13. The second-order valence-corrected chi connectivity index (χ2v) is 9.73.